The number of carboxylic acids is 1. The van der Waals surface area contributed by atoms with E-state index >= 15 is 0 Å². The van der Waals surface area contributed by atoms with Gasteiger partial charge in [-0.3, -0.25) is 4.79 Å². The average Bonchev–Trinajstić information content (AvgIpc) is 2.80. The fourth-order valence-electron chi connectivity index (χ4n) is 6.67. The van der Waals surface area contributed by atoms with E-state index in [0.717, 1.165) is 42.6 Å². The van der Waals surface area contributed by atoms with Crippen molar-refractivity contribution in [2.75, 3.05) is 19.8 Å². The van der Waals surface area contributed by atoms with Crippen molar-refractivity contribution in [2.24, 2.45) is 23.2 Å². The second-order valence-corrected chi connectivity index (χ2v) is 10.6. The minimum atomic E-state index is -1.10. The molecule has 0 saturated heterocycles. The van der Waals surface area contributed by atoms with Crippen LogP contribution in [0.4, 0.5) is 4.79 Å². The quantitative estimate of drug-likeness (QED) is 0.333. The Kier molecular flexibility index (Phi) is 8.19. The summed E-state index contributed by atoms with van der Waals surface area (Å²) in [5, 5.41) is 12.2. The van der Waals surface area contributed by atoms with Crippen molar-refractivity contribution in [3.05, 3.63) is 29.8 Å². The summed E-state index contributed by atoms with van der Waals surface area (Å²) in [5.41, 5.74) is 0.856. The van der Waals surface area contributed by atoms with Crippen LogP contribution in [0.1, 0.15) is 63.9 Å². The molecule has 0 radical (unpaired) electrons. The number of carboxylic acid groups (broad SMARTS) is 1. The molecule has 8 nitrogen and oxygen atoms in total. The lowest BCUT2D eigenvalue weighted by Gasteiger charge is -2.56. The summed E-state index contributed by atoms with van der Waals surface area (Å²) >= 11 is 0. The molecule has 0 aliphatic heterocycles. The Morgan fingerprint density at radius 2 is 1.66 bits per heavy atom. The molecule has 8 heteroatoms. The normalized spacial score (nSPS) is 27.2. The molecule has 5 rings (SSSR count). The van der Waals surface area contributed by atoms with Crippen LogP contribution in [0.15, 0.2) is 24.3 Å². The minimum Gasteiger partial charge on any atom is -0.494 e. The number of hydrogen-bond donors (Lipinski definition) is 2. The van der Waals surface area contributed by atoms with Crippen molar-refractivity contribution in [1.29, 1.82) is 0 Å². The molecule has 4 aliphatic carbocycles. The molecule has 1 aromatic rings. The van der Waals surface area contributed by atoms with Crippen LogP contribution in [0.5, 0.6) is 5.75 Å². The highest BCUT2D eigenvalue weighted by Crippen LogP contribution is 2.60. The number of alkyl carbamates (subject to hydrolysis) is 1. The van der Waals surface area contributed by atoms with Crippen molar-refractivity contribution in [1.82, 2.24) is 5.32 Å². The summed E-state index contributed by atoms with van der Waals surface area (Å²) in [7, 11) is 0. The van der Waals surface area contributed by atoms with Crippen molar-refractivity contribution >= 4 is 18.0 Å². The van der Waals surface area contributed by atoms with Gasteiger partial charge in [-0.25, -0.2) is 9.59 Å². The molecule has 4 saturated carbocycles. The fraction of sp³-hybridized carbons (Fsp3) is 0.667. The summed E-state index contributed by atoms with van der Waals surface area (Å²) in [6.45, 7) is 2.91. The van der Waals surface area contributed by atoms with E-state index in [1.165, 1.54) is 19.3 Å². The number of amides is 1. The van der Waals surface area contributed by atoms with E-state index in [2.05, 4.69) is 5.32 Å². The van der Waals surface area contributed by atoms with Crippen LogP contribution in [0, 0.1) is 23.2 Å². The number of ether oxygens (including phenoxy) is 3. The molecule has 4 aliphatic rings. The van der Waals surface area contributed by atoms with Crippen molar-refractivity contribution in [3.63, 3.8) is 0 Å². The van der Waals surface area contributed by atoms with Gasteiger partial charge < -0.3 is 24.6 Å². The number of carbonyl (C=O) groups is 3. The molecule has 192 valence electrons. The van der Waals surface area contributed by atoms with Crippen molar-refractivity contribution in [2.45, 2.75) is 70.8 Å². The monoisotopic (exact) mass is 487 g/mol. The van der Waals surface area contributed by atoms with Gasteiger partial charge in [0.15, 0.2) is 0 Å². The predicted octanol–water partition coefficient (Wildman–Crippen LogP) is 4.35. The number of aliphatic carboxylic acids is 1. The van der Waals surface area contributed by atoms with Gasteiger partial charge in [-0.15, -0.1) is 0 Å². The maximum atomic E-state index is 12.5. The molecule has 0 spiro atoms. The first-order valence-electron chi connectivity index (χ1n) is 12.9. The maximum absolute atomic E-state index is 12.5. The Labute approximate surface area is 206 Å². The highest BCUT2D eigenvalue weighted by Gasteiger charge is 2.51. The molecule has 0 unspecified atom stereocenters. The van der Waals surface area contributed by atoms with Gasteiger partial charge in [-0.05, 0) is 87.3 Å². The third-order valence-electron chi connectivity index (χ3n) is 7.73. The van der Waals surface area contributed by atoms with Crippen LogP contribution in [0.2, 0.25) is 0 Å². The second-order valence-electron chi connectivity index (χ2n) is 10.6. The third kappa shape index (κ3) is 6.89. The predicted molar refractivity (Wildman–Crippen MR) is 128 cm³/mol. The molecular formula is C27H37NO7. The molecule has 0 heterocycles. The Morgan fingerprint density at radius 3 is 2.23 bits per heavy atom. The van der Waals surface area contributed by atoms with Crippen LogP contribution >= 0.6 is 0 Å². The van der Waals surface area contributed by atoms with Crippen LogP contribution < -0.4 is 10.1 Å². The zero-order chi connectivity index (χ0) is 24.8. The first-order valence-corrected chi connectivity index (χ1v) is 12.9. The Morgan fingerprint density at radius 1 is 1.03 bits per heavy atom. The number of nitrogens with one attached hydrogen (secondary N) is 1. The lowest BCUT2D eigenvalue weighted by molar-refractivity contribution is -0.143. The highest BCUT2D eigenvalue weighted by molar-refractivity contribution is 5.80. The number of carbonyl (C=O) groups excluding carboxylic acids is 2. The molecule has 0 aromatic heterocycles. The first kappa shape index (κ1) is 25.3. The standard InChI is InChI=1S/C27H37NO7/c1-2-33-24(29)4-3-9-34-22-7-5-18(6-8-22)13-23(25(30)31)28-26(32)35-17-27-14-19-10-20(15-27)12-21(11-19)16-27/h5-8,19-21,23H,2-4,9-17H2,1H3,(H,28,32)(H,30,31)/t19?,20?,21?,23-,27?/m0/s1. The molecule has 2 N–H and O–H groups in total. The fourth-order valence-corrected chi connectivity index (χ4v) is 6.67. The molecule has 1 aromatic carbocycles. The summed E-state index contributed by atoms with van der Waals surface area (Å²) in [4.78, 5) is 35.6. The van der Waals surface area contributed by atoms with Crippen LogP contribution in [0.3, 0.4) is 0 Å². The number of hydrogen-bond acceptors (Lipinski definition) is 6. The molecule has 35 heavy (non-hydrogen) atoms. The molecule has 1 atom stereocenters. The van der Waals surface area contributed by atoms with Gasteiger partial charge in [0.2, 0.25) is 0 Å². The molecule has 4 fully saturated rings. The second kappa shape index (κ2) is 11.3. The molecular weight excluding hydrogens is 450 g/mol. The van der Waals surface area contributed by atoms with Gasteiger partial charge in [0.25, 0.3) is 0 Å². The SMILES string of the molecule is CCOC(=O)CCCOc1ccc(C[C@H](NC(=O)OCC23CC4CC(CC(C4)C2)C3)C(=O)O)cc1. The van der Waals surface area contributed by atoms with Gasteiger partial charge in [0.1, 0.15) is 11.8 Å². The van der Waals surface area contributed by atoms with E-state index in [4.69, 9.17) is 14.2 Å². The summed E-state index contributed by atoms with van der Waals surface area (Å²) in [6.07, 6.45) is 7.70. The Bertz CT molecular complexity index is 862. The minimum absolute atomic E-state index is 0.0942. The smallest absolute Gasteiger partial charge is 0.407 e. The van der Waals surface area contributed by atoms with Crippen LogP contribution in [0.25, 0.3) is 0 Å². The van der Waals surface area contributed by atoms with E-state index in [1.807, 2.05) is 0 Å². The van der Waals surface area contributed by atoms with Gasteiger partial charge in [0, 0.05) is 18.3 Å². The van der Waals surface area contributed by atoms with Crippen molar-refractivity contribution in [3.8, 4) is 5.75 Å². The summed E-state index contributed by atoms with van der Waals surface area (Å²) in [6, 6.07) is 5.99. The van der Waals surface area contributed by atoms with Gasteiger partial charge in [0.05, 0.1) is 19.8 Å². The average molecular weight is 488 g/mol. The van der Waals surface area contributed by atoms with E-state index in [1.54, 1.807) is 31.2 Å². The van der Waals surface area contributed by atoms with E-state index in [9.17, 15) is 19.5 Å². The van der Waals surface area contributed by atoms with E-state index in [-0.39, 0.29) is 17.8 Å². The van der Waals surface area contributed by atoms with Crippen molar-refractivity contribution < 1.29 is 33.7 Å². The zero-order valence-electron chi connectivity index (χ0n) is 20.5. The highest BCUT2D eigenvalue weighted by atomic mass is 16.6. The van der Waals surface area contributed by atoms with E-state index < -0.39 is 18.1 Å². The van der Waals surface area contributed by atoms with Gasteiger partial charge >= 0.3 is 18.0 Å². The molecule has 4 bridgehead atoms. The number of rotatable bonds is 12. The summed E-state index contributed by atoms with van der Waals surface area (Å²) in [5.74, 6) is 1.59. The topological polar surface area (TPSA) is 111 Å². The Balaban J connectivity index is 1.21. The van der Waals surface area contributed by atoms with Crippen LogP contribution in [-0.4, -0.2) is 49.0 Å². The van der Waals surface area contributed by atoms with Gasteiger partial charge in [-0.2, -0.15) is 0 Å². The van der Waals surface area contributed by atoms with Gasteiger partial charge in [-0.1, -0.05) is 12.1 Å². The summed E-state index contributed by atoms with van der Waals surface area (Å²) < 4.78 is 16.1. The Hall–Kier alpha value is -2.77. The first-order chi connectivity index (χ1) is 16.8. The lowest BCUT2D eigenvalue weighted by Crippen LogP contribution is -2.49. The maximum Gasteiger partial charge on any atom is 0.407 e. The van der Waals surface area contributed by atoms with Crippen LogP contribution in [-0.2, 0) is 25.5 Å². The largest absolute Gasteiger partial charge is 0.494 e. The zero-order valence-corrected chi connectivity index (χ0v) is 20.5. The third-order valence-corrected chi connectivity index (χ3v) is 7.73. The molecule has 1 amide bonds. The number of esters is 1. The van der Waals surface area contributed by atoms with E-state index in [0.29, 0.717) is 38.4 Å². The number of benzene rings is 1. The lowest BCUT2D eigenvalue weighted by atomic mass is 9.50.